The van der Waals surface area contributed by atoms with Gasteiger partial charge in [0, 0.05) is 54.9 Å². The highest BCUT2D eigenvalue weighted by atomic mass is 16.5. The molecule has 2 aliphatic heterocycles. The van der Waals surface area contributed by atoms with Crippen LogP contribution in [0.4, 0.5) is 5.69 Å². The maximum Gasteiger partial charge on any atom is 0.256 e. The van der Waals surface area contributed by atoms with Gasteiger partial charge in [-0.25, -0.2) is 4.85 Å². The molecule has 3 aromatic heterocycles. The quantitative estimate of drug-likeness (QED) is 0.129. The van der Waals surface area contributed by atoms with Crippen LogP contribution in [-0.4, -0.2) is 20.4 Å². The molecule has 9 aromatic carbocycles. The normalized spacial score (nSPS) is 12.9. The zero-order chi connectivity index (χ0) is 43.3. The van der Waals surface area contributed by atoms with Crippen molar-refractivity contribution in [3.8, 4) is 39.7 Å². The number of ether oxygens (including phenoxy) is 1. The summed E-state index contributed by atoms with van der Waals surface area (Å²) in [5, 5.41) is 7.36. The van der Waals surface area contributed by atoms with Crippen molar-refractivity contribution in [3.63, 3.8) is 0 Å². The van der Waals surface area contributed by atoms with Gasteiger partial charge in [-0.3, -0.25) is 0 Å². The van der Waals surface area contributed by atoms with E-state index in [1.54, 1.807) is 0 Å². The first kappa shape index (κ1) is 36.2. The number of benzene rings is 9. The van der Waals surface area contributed by atoms with E-state index in [-0.39, 0.29) is 12.1 Å². The van der Waals surface area contributed by atoms with Crippen molar-refractivity contribution < 1.29 is 4.74 Å². The SMILES string of the molecule is [C-]#[N+]c1ccc(-c2cc3c4c(c2)-n2c5ccc(-n6c7ccccc7c7ccccc76)cc5c5cc(-n6c7ccccc7c7ccccc76)cc(c52)B4c2cc(C(C)(C)C)ccc2O3)cc1. The number of aromatic nitrogens is 3. The highest BCUT2D eigenvalue weighted by molar-refractivity contribution is 6.99. The fourth-order valence-corrected chi connectivity index (χ4v) is 11.3. The van der Waals surface area contributed by atoms with Gasteiger partial charge in [0.2, 0.25) is 0 Å². The molecule has 0 spiro atoms. The summed E-state index contributed by atoms with van der Waals surface area (Å²) in [6, 6.07) is 66.4. The van der Waals surface area contributed by atoms with Gasteiger partial charge in [-0.15, -0.1) is 0 Å². The van der Waals surface area contributed by atoms with Crippen molar-refractivity contribution in [2.75, 3.05) is 0 Å². The minimum Gasteiger partial charge on any atom is -0.458 e. The zero-order valence-corrected chi connectivity index (χ0v) is 36.1. The highest BCUT2D eigenvalue weighted by Crippen LogP contribution is 2.43. The van der Waals surface area contributed by atoms with Crippen molar-refractivity contribution in [2.45, 2.75) is 26.2 Å². The summed E-state index contributed by atoms with van der Waals surface area (Å²) >= 11 is 0. The number of para-hydroxylation sites is 4. The fourth-order valence-electron chi connectivity index (χ4n) is 11.3. The second kappa shape index (κ2) is 12.9. The summed E-state index contributed by atoms with van der Waals surface area (Å²) in [5.41, 5.74) is 18.0. The average molecular weight is 831 g/mol. The monoisotopic (exact) mass is 830 g/mol. The molecule has 0 unspecified atom stereocenters. The summed E-state index contributed by atoms with van der Waals surface area (Å²) in [6.45, 7) is 14.4. The van der Waals surface area contributed by atoms with Crippen LogP contribution < -0.4 is 21.1 Å². The molecule has 0 radical (unpaired) electrons. The number of hydrogen-bond acceptors (Lipinski definition) is 1. The van der Waals surface area contributed by atoms with E-state index in [0.717, 1.165) is 45.2 Å². The van der Waals surface area contributed by atoms with Gasteiger partial charge in [-0.2, -0.15) is 0 Å². The van der Waals surface area contributed by atoms with E-state index < -0.39 is 0 Å². The molecular formula is C59H39BN4O. The van der Waals surface area contributed by atoms with E-state index in [0.29, 0.717) is 5.69 Å². The van der Waals surface area contributed by atoms with Gasteiger partial charge >= 0.3 is 0 Å². The molecule has 14 rings (SSSR count). The van der Waals surface area contributed by atoms with Crippen LogP contribution in [0.3, 0.4) is 0 Å². The molecule has 5 nitrogen and oxygen atoms in total. The van der Waals surface area contributed by atoms with E-state index >= 15 is 0 Å². The van der Waals surface area contributed by atoms with E-state index in [2.05, 4.69) is 209 Å². The van der Waals surface area contributed by atoms with Crippen molar-refractivity contribution in [2.24, 2.45) is 0 Å². The lowest BCUT2D eigenvalue weighted by atomic mass is 9.34. The molecule has 304 valence electrons. The molecule has 6 heteroatoms. The van der Waals surface area contributed by atoms with Crippen LogP contribution in [0.1, 0.15) is 26.3 Å². The fraction of sp³-hybridized carbons (Fsp3) is 0.0678. The zero-order valence-electron chi connectivity index (χ0n) is 36.1. The van der Waals surface area contributed by atoms with Gasteiger partial charge in [-0.1, -0.05) is 130 Å². The summed E-state index contributed by atoms with van der Waals surface area (Å²) in [4.78, 5) is 3.69. The minimum absolute atomic E-state index is 0.0631. The van der Waals surface area contributed by atoms with Crippen LogP contribution in [0.15, 0.2) is 182 Å². The Labute approximate surface area is 375 Å². The maximum atomic E-state index is 7.63. The molecule has 0 atom stereocenters. The Bertz CT molecular complexity index is 3990. The number of hydrogen-bond donors (Lipinski definition) is 0. The molecule has 2 aliphatic rings. The first-order valence-corrected chi connectivity index (χ1v) is 22.4. The Balaban J connectivity index is 1.15. The third-order valence-electron chi connectivity index (χ3n) is 14.2. The first-order chi connectivity index (χ1) is 31.8. The summed E-state index contributed by atoms with van der Waals surface area (Å²) < 4.78 is 14.5. The van der Waals surface area contributed by atoms with Gasteiger partial charge in [0.15, 0.2) is 5.69 Å². The standard InChI is InChI=1S/C59H39BN4O/c1-59(2,3)37-23-28-55-47(31-37)60-48-34-40(63-51-19-11-7-15-43(51)44-16-8-12-20-52(44)63)33-46-45-32-39(62-49-17-9-5-13-41(49)42-14-6-10-18-50(42)62)26-27-53(45)64(58(46)48)54-29-36(30-56(65-55)57(54)60)35-21-24-38(61-4)25-22-35/h5-34H,1-3H3. The summed E-state index contributed by atoms with van der Waals surface area (Å²) in [7, 11) is 0. The maximum absolute atomic E-state index is 7.63. The van der Waals surface area contributed by atoms with Crippen LogP contribution in [0, 0.1) is 6.57 Å². The number of rotatable bonds is 3. The van der Waals surface area contributed by atoms with Gasteiger partial charge in [0.05, 0.1) is 34.2 Å². The molecular weight excluding hydrogens is 791 g/mol. The lowest BCUT2D eigenvalue weighted by molar-refractivity contribution is 0.486. The Hall–Kier alpha value is -8.27. The molecule has 0 saturated carbocycles. The molecule has 0 amide bonds. The molecule has 65 heavy (non-hydrogen) atoms. The van der Waals surface area contributed by atoms with Crippen molar-refractivity contribution >= 4 is 94.2 Å². The van der Waals surface area contributed by atoms with Crippen LogP contribution in [-0.2, 0) is 5.41 Å². The van der Waals surface area contributed by atoms with Gasteiger partial charge in [-0.05, 0) is 111 Å². The molecule has 0 N–H and O–H groups in total. The molecule has 0 aliphatic carbocycles. The van der Waals surface area contributed by atoms with Gasteiger partial charge in [0.1, 0.15) is 11.5 Å². The number of fused-ring (bicyclic) bond motifs is 13. The second-order valence-corrected chi connectivity index (χ2v) is 18.8. The van der Waals surface area contributed by atoms with Crippen LogP contribution >= 0.6 is 0 Å². The van der Waals surface area contributed by atoms with Crippen LogP contribution in [0.5, 0.6) is 11.5 Å². The Kier molecular flexibility index (Phi) is 7.20. The largest absolute Gasteiger partial charge is 0.458 e. The van der Waals surface area contributed by atoms with Gasteiger partial charge in [0.25, 0.3) is 6.71 Å². The number of nitrogens with zero attached hydrogens (tertiary/aromatic N) is 4. The Morgan fingerprint density at radius 2 is 1.03 bits per heavy atom. The summed E-state index contributed by atoms with van der Waals surface area (Å²) in [5.74, 6) is 1.74. The molecule has 12 aromatic rings. The van der Waals surface area contributed by atoms with Crippen molar-refractivity contribution in [3.05, 3.63) is 199 Å². The predicted molar refractivity (Wildman–Crippen MR) is 271 cm³/mol. The second-order valence-electron chi connectivity index (χ2n) is 18.8. The van der Waals surface area contributed by atoms with Crippen LogP contribution in [0.2, 0.25) is 0 Å². The Morgan fingerprint density at radius 1 is 0.462 bits per heavy atom. The molecule has 0 bridgehead atoms. The van der Waals surface area contributed by atoms with E-state index in [1.165, 1.54) is 81.9 Å². The van der Waals surface area contributed by atoms with Gasteiger partial charge < -0.3 is 18.4 Å². The van der Waals surface area contributed by atoms with Crippen LogP contribution in [0.25, 0.3) is 98.5 Å². The lowest BCUT2D eigenvalue weighted by Crippen LogP contribution is -2.58. The predicted octanol–water partition coefficient (Wildman–Crippen LogP) is 13.4. The van der Waals surface area contributed by atoms with Crippen molar-refractivity contribution in [1.29, 1.82) is 0 Å². The van der Waals surface area contributed by atoms with Crippen molar-refractivity contribution in [1.82, 2.24) is 13.7 Å². The van der Waals surface area contributed by atoms with E-state index in [4.69, 9.17) is 11.3 Å². The molecule has 5 heterocycles. The summed E-state index contributed by atoms with van der Waals surface area (Å²) in [6.07, 6.45) is 0. The topological polar surface area (TPSA) is 28.4 Å². The third kappa shape index (κ3) is 4.98. The third-order valence-corrected chi connectivity index (χ3v) is 14.2. The first-order valence-electron chi connectivity index (χ1n) is 22.4. The molecule has 0 saturated heterocycles. The Morgan fingerprint density at radius 3 is 1.63 bits per heavy atom. The highest BCUT2D eigenvalue weighted by Gasteiger charge is 2.42. The van der Waals surface area contributed by atoms with E-state index in [1.807, 2.05) is 12.1 Å². The minimum atomic E-state index is -0.103. The van der Waals surface area contributed by atoms with E-state index in [9.17, 15) is 0 Å². The average Bonchev–Trinajstić information content (AvgIpc) is 3.98. The smallest absolute Gasteiger partial charge is 0.256 e. The lowest BCUT2D eigenvalue weighted by Gasteiger charge is -2.35. The molecule has 0 fully saturated rings.